The predicted molar refractivity (Wildman–Crippen MR) is 64.5 cm³/mol. The molecule has 3 nitrogen and oxygen atoms in total. The zero-order valence-electron chi connectivity index (χ0n) is 9.13. The van der Waals surface area contributed by atoms with E-state index in [1.165, 1.54) is 0 Å². The lowest BCUT2D eigenvalue weighted by molar-refractivity contribution is 0.0957. The number of nitrogens with one attached hydrogen (secondary N) is 1. The fraction of sp³-hybridized carbons (Fsp3) is 0.250. The number of hydrogen-bond acceptors (Lipinski definition) is 2. The van der Waals surface area contributed by atoms with Crippen LogP contribution in [0.15, 0.2) is 35.9 Å². The maximum absolute atomic E-state index is 11.6. The topological polar surface area (TPSA) is 38.3 Å². The van der Waals surface area contributed by atoms with Crippen LogP contribution in [0.3, 0.4) is 0 Å². The van der Waals surface area contributed by atoms with Crippen LogP contribution in [-0.2, 0) is 11.3 Å². The van der Waals surface area contributed by atoms with Crippen molar-refractivity contribution >= 4 is 17.5 Å². The summed E-state index contributed by atoms with van der Waals surface area (Å²) in [4.78, 5) is 11.6. The fourth-order valence-electron chi connectivity index (χ4n) is 1.20. The maximum Gasteiger partial charge on any atom is 0.251 e. The average Bonchev–Trinajstić information content (AvgIpc) is 2.27. The molecule has 0 radical (unpaired) electrons. The molecular formula is C12H14ClNO2. The van der Waals surface area contributed by atoms with Crippen molar-refractivity contribution in [1.29, 1.82) is 0 Å². The highest BCUT2D eigenvalue weighted by atomic mass is 35.5. The number of halogens is 1. The minimum Gasteiger partial charge on any atom is -0.380 e. The number of rotatable bonds is 5. The van der Waals surface area contributed by atoms with Crippen molar-refractivity contribution in [1.82, 2.24) is 5.32 Å². The Morgan fingerprint density at radius 1 is 1.44 bits per heavy atom. The second-order valence-corrected chi connectivity index (χ2v) is 3.86. The van der Waals surface area contributed by atoms with Gasteiger partial charge in [0.25, 0.3) is 5.91 Å². The highest BCUT2D eigenvalue weighted by molar-refractivity contribution is 6.29. The fourth-order valence-corrected chi connectivity index (χ4v) is 1.26. The Morgan fingerprint density at radius 3 is 2.56 bits per heavy atom. The van der Waals surface area contributed by atoms with Gasteiger partial charge in [0.05, 0.1) is 13.2 Å². The third-order valence-electron chi connectivity index (χ3n) is 1.97. The molecular weight excluding hydrogens is 226 g/mol. The van der Waals surface area contributed by atoms with E-state index in [0.29, 0.717) is 17.2 Å². The molecule has 0 aromatic heterocycles. The van der Waals surface area contributed by atoms with Crippen LogP contribution in [0, 0.1) is 0 Å². The quantitative estimate of drug-likeness (QED) is 0.857. The van der Waals surface area contributed by atoms with Crippen LogP contribution >= 0.6 is 11.6 Å². The van der Waals surface area contributed by atoms with Crippen LogP contribution in [-0.4, -0.2) is 19.6 Å². The van der Waals surface area contributed by atoms with Gasteiger partial charge in [0, 0.05) is 17.7 Å². The molecule has 0 heterocycles. The molecule has 0 aliphatic heterocycles. The molecule has 0 spiro atoms. The molecule has 1 aromatic carbocycles. The lowest BCUT2D eigenvalue weighted by atomic mass is 10.1. The minimum absolute atomic E-state index is 0.161. The summed E-state index contributed by atoms with van der Waals surface area (Å²) in [6, 6.07) is 7.21. The van der Waals surface area contributed by atoms with E-state index in [4.69, 9.17) is 16.3 Å². The van der Waals surface area contributed by atoms with Crippen molar-refractivity contribution < 1.29 is 9.53 Å². The first-order valence-electron chi connectivity index (χ1n) is 4.83. The summed E-state index contributed by atoms with van der Waals surface area (Å²) in [5.74, 6) is -0.161. The van der Waals surface area contributed by atoms with Crippen LogP contribution in [0.25, 0.3) is 0 Å². The highest BCUT2D eigenvalue weighted by Crippen LogP contribution is 2.05. The second-order valence-electron chi connectivity index (χ2n) is 3.33. The largest absolute Gasteiger partial charge is 0.380 e. The number of carbonyl (C=O) groups excluding carboxylic acids is 1. The smallest absolute Gasteiger partial charge is 0.251 e. The van der Waals surface area contributed by atoms with Crippen LogP contribution < -0.4 is 5.32 Å². The summed E-state index contributed by atoms with van der Waals surface area (Å²) in [6.07, 6.45) is 0. The first-order valence-corrected chi connectivity index (χ1v) is 5.20. The summed E-state index contributed by atoms with van der Waals surface area (Å²) in [5, 5.41) is 3.05. The van der Waals surface area contributed by atoms with Crippen molar-refractivity contribution in [2.24, 2.45) is 0 Å². The van der Waals surface area contributed by atoms with Gasteiger partial charge in [0.1, 0.15) is 0 Å². The van der Waals surface area contributed by atoms with Gasteiger partial charge >= 0.3 is 0 Å². The third-order valence-corrected chi connectivity index (χ3v) is 2.10. The van der Waals surface area contributed by atoms with Gasteiger partial charge in [0.15, 0.2) is 0 Å². The molecule has 0 fully saturated rings. The summed E-state index contributed by atoms with van der Waals surface area (Å²) in [5.41, 5.74) is 1.62. The molecule has 0 aliphatic carbocycles. The Balaban J connectivity index is 2.59. The van der Waals surface area contributed by atoms with Gasteiger partial charge in [-0.25, -0.2) is 0 Å². The van der Waals surface area contributed by atoms with E-state index in [1.54, 1.807) is 19.2 Å². The van der Waals surface area contributed by atoms with Gasteiger partial charge in [-0.15, -0.1) is 0 Å². The van der Waals surface area contributed by atoms with Crippen LogP contribution in [0.1, 0.15) is 15.9 Å². The number of carbonyl (C=O) groups is 1. The summed E-state index contributed by atoms with van der Waals surface area (Å²) in [6.45, 7) is 4.31. The first kappa shape index (κ1) is 12.7. The number of benzene rings is 1. The monoisotopic (exact) mass is 239 g/mol. The van der Waals surface area contributed by atoms with E-state index in [9.17, 15) is 4.79 Å². The Kier molecular flexibility index (Phi) is 5.02. The number of hydrogen-bond donors (Lipinski definition) is 1. The molecule has 1 amide bonds. The Labute approximate surface area is 100 Å². The highest BCUT2D eigenvalue weighted by Gasteiger charge is 2.04. The maximum atomic E-state index is 11.6. The first-order chi connectivity index (χ1) is 7.63. The van der Waals surface area contributed by atoms with E-state index >= 15 is 0 Å². The zero-order valence-corrected chi connectivity index (χ0v) is 9.88. The minimum atomic E-state index is -0.161. The zero-order chi connectivity index (χ0) is 12.0. The summed E-state index contributed by atoms with van der Waals surface area (Å²) < 4.78 is 4.98. The van der Waals surface area contributed by atoms with Crippen LogP contribution in [0.4, 0.5) is 0 Å². The molecule has 0 saturated carbocycles. The molecule has 1 rings (SSSR count). The van der Waals surface area contributed by atoms with Crippen LogP contribution in [0.5, 0.6) is 0 Å². The molecule has 0 aliphatic rings. The van der Waals surface area contributed by atoms with Crippen LogP contribution in [0.2, 0.25) is 0 Å². The van der Waals surface area contributed by atoms with Gasteiger partial charge < -0.3 is 10.1 Å². The summed E-state index contributed by atoms with van der Waals surface area (Å²) in [7, 11) is 1.63. The lowest BCUT2D eigenvalue weighted by Crippen LogP contribution is -2.24. The van der Waals surface area contributed by atoms with E-state index in [1.807, 2.05) is 12.1 Å². The number of amides is 1. The molecule has 0 atom stereocenters. The van der Waals surface area contributed by atoms with E-state index in [-0.39, 0.29) is 12.5 Å². The SMILES string of the molecule is C=C(Cl)CNC(=O)c1ccc(COC)cc1. The van der Waals surface area contributed by atoms with Crippen molar-refractivity contribution in [3.05, 3.63) is 47.0 Å². The van der Waals surface area contributed by atoms with Crippen molar-refractivity contribution in [3.63, 3.8) is 0 Å². The van der Waals surface area contributed by atoms with Crippen molar-refractivity contribution in [3.8, 4) is 0 Å². The van der Waals surface area contributed by atoms with Gasteiger partial charge in [-0.3, -0.25) is 4.79 Å². The predicted octanol–water partition coefficient (Wildman–Crippen LogP) is 2.32. The van der Waals surface area contributed by atoms with E-state index in [0.717, 1.165) is 5.56 Å². The Hall–Kier alpha value is -1.32. The van der Waals surface area contributed by atoms with Gasteiger partial charge in [-0.2, -0.15) is 0 Å². The molecule has 1 N–H and O–H groups in total. The number of methoxy groups -OCH3 is 1. The molecule has 0 unspecified atom stereocenters. The van der Waals surface area contributed by atoms with E-state index in [2.05, 4.69) is 11.9 Å². The normalized spacial score (nSPS) is 9.88. The molecule has 1 aromatic rings. The van der Waals surface area contributed by atoms with Crippen molar-refractivity contribution in [2.75, 3.05) is 13.7 Å². The van der Waals surface area contributed by atoms with Gasteiger partial charge in [-0.05, 0) is 17.7 Å². The molecule has 4 heteroatoms. The molecule has 86 valence electrons. The van der Waals surface area contributed by atoms with Gasteiger partial charge in [-0.1, -0.05) is 30.3 Å². The summed E-state index contributed by atoms with van der Waals surface area (Å²) >= 11 is 5.55. The van der Waals surface area contributed by atoms with E-state index < -0.39 is 0 Å². The van der Waals surface area contributed by atoms with Crippen molar-refractivity contribution in [2.45, 2.75) is 6.61 Å². The third kappa shape index (κ3) is 4.04. The standard InChI is InChI=1S/C12H14ClNO2/c1-9(13)7-14-12(15)11-5-3-10(4-6-11)8-16-2/h3-6H,1,7-8H2,2H3,(H,14,15). The Bertz CT molecular complexity index is 373. The molecule has 16 heavy (non-hydrogen) atoms. The lowest BCUT2D eigenvalue weighted by Gasteiger charge is -2.05. The van der Waals surface area contributed by atoms with Gasteiger partial charge in [0.2, 0.25) is 0 Å². The molecule has 0 bridgehead atoms. The number of ether oxygens (including phenoxy) is 1. The average molecular weight is 240 g/mol. The Morgan fingerprint density at radius 2 is 2.06 bits per heavy atom. The second kappa shape index (κ2) is 6.30. The molecule has 0 saturated heterocycles.